The van der Waals surface area contributed by atoms with Gasteiger partial charge in [0, 0.05) is 33.6 Å². The van der Waals surface area contributed by atoms with Gasteiger partial charge in [-0.05, 0) is 50.2 Å². The Balaban J connectivity index is 0.000000439. The van der Waals surface area contributed by atoms with Crippen molar-refractivity contribution in [3.05, 3.63) is 64.2 Å². The van der Waals surface area contributed by atoms with E-state index >= 15 is 0 Å². The lowest BCUT2D eigenvalue weighted by Crippen LogP contribution is -2.15. The zero-order valence-electron chi connectivity index (χ0n) is 16.3. The van der Waals surface area contributed by atoms with Gasteiger partial charge in [0.25, 0.3) is 0 Å². The van der Waals surface area contributed by atoms with E-state index in [4.69, 9.17) is 22.7 Å². The van der Waals surface area contributed by atoms with Crippen LogP contribution < -0.4 is 11.1 Å². The average molecular weight is 376 g/mol. The molecule has 2 aromatic rings. The first-order chi connectivity index (χ1) is 12.4. The van der Waals surface area contributed by atoms with E-state index in [1.807, 2.05) is 39.1 Å². The second kappa shape index (κ2) is 13.1. The van der Waals surface area contributed by atoms with Crippen molar-refractivity contribution in [2.45, 2.75) is 40.2 Å². The van der Waals surface area contributed by atoms with Crippen molar-refractivity contribution in [1.82, 2.24) is 5.32 Å². The maximum atomic E-state index is 10.4. The fraction of sp³-hybridized carbons (Fsp3) is 0.333. The minimum atomic E-state index is 0.371. The summed E-state index contributed by atoms with van der Waals surface area (Å²) in [6.07, 6.45) is 1.80. The topological polar surface area (TPSA) is 79.0 Å². The minimum Gasteiger partial charge on any atom is -0.398 e. The van der Waals surface area contributed by atoms with Crippen LogP contribution in [0.4, 0.5) is 5.69 Å². The second-order valence-electron chi connectivity index (χ2n) is 5.36. The number of benzene rings is 2. The third-order valence-corrected chi connectivity index (χ3v) is 4.00. The summed E-state index contributed by atoms with van der Waals surface area (Å²) in [4.78, 5) is 10.4. The molecule has 0 saturated carbocycles. The third kappa shape index (κ3) is 7.38. The standard InChI is InChI=1S/C10H14ClN.C9H10N2O.C2H6/c1-3-10(12-2)8-6-4-5-7-9(8)11;1-6(10)8-4-7(5-12)2-3-9(8)11;1-2/h4-7,10,12H,3H2,1-2H3;2-5,10H,11H2,1H3;1-2H3. The van der Waals surface area contributed by atoms with Gasteiger partial charge in [0.2, 0.25) is 0 Å². The van der Waals surface area contributed by atoms with E-state index in [1.165, 1.54) is 5.56 Å². The molecule has 0 fully saturated rings. The van der Waals surface area contributed by atoms with E-state index < -0.39 is 0 Å². The van der Waals surface area contributed by atoms with E-state index in [0.717, 1.165) is 17.7 Å². The largest absolute Gasteiger partial charge is 0.398 e. The summed E-state index contributed by atoms with van der Waals surface area (Å²) in [5.74, 6) is 0. The molecular formula is C21H30ClN3O. The third-order valence-electron chi connectivity index (χ3n) is 3.65. The Labute approximate surface area is 162 Å². The first-order valence-electron chi connectivity index (χ1n) is 8.76. The van der Waals surface area contributed by atoms with Crippen LogP contribution in [-0.4, -0.2) is 19.0 Å². The Bertz CT molecular complexity index is 697. The smallest absolute Gasteiger partial charge is 0.150 e. The molecule has 0 saturated heterocycles. The number of nitrogen functional groups attached to an aromatic ring is 1. The van der Waals surface area contributed by atoms with E-state index in [2.05, 4.69) is 18.3 Å². The molecule has 2 aromatic carbocycles. The highest BCUT2D eigenvalue weighted by Crippen LogP contribution is 2.24. The van der Waals surface area contributed by atoms with Crippen molar-refractivity contribution in [1.29, 1.82) is 5.41 Å². The molecule has 1 unspecified atom stereocenters. The minimum absolute atomic E-state index is 0.371. The fourth-order valence-corrected chi connectivity index (χ4v) is 2.58. The predicted molar refractivity (Wildman–Crippen MR) is 114 cm³/mol. The molecule has 5 heteroatoms. The number of hydrogen-bond acceptors (Lipinski definition) is 4. The van der Waals surface area contributed by atoms with E-state index in [1.54, 1.807) is 25.1 Å². The van der Waals surface area contributed by atoms with Crippen LogP contribution in [0.2, 0.25) is 5.02 Å². The molecule has 0 amide bonds. The van der Waals surface area contributed by atoms with Crippen LogP contribution in [0.5, 0.6) is 0 Å². The lowest BCUT2D eigenvalue weighted by atomic mass is 10.1. The molecule has 0 aliphatic carbocycles. The molecule has 4 nitrogen and oxygen atoms in total. The zero-order valence-corrected chi connectivity index (χ0v) is 17.0. The number of nitrogens with one attached hydrogen (secondary N) is 2. The van der Waals surface area contributed by atoms with Crippen molar-refractivity contribution in [2.75, 3.05) is 12.8 Å². The highest BCUT2D eigenvalue weighted by molar-refractivity contribution is 6.31. The Morgan fingerprint density at radius 3 is 2.35 bits per heavy atom. The summed E-state index contributed by atoms with van der Waals surface area (Å²) in [5.41, 5.74) is 8.85. The first-order valence-corrected chi connectivity index (χ1v) is 9.14. The monoisotopic (exact) mass is 375 g/mol. The van der Waals surface area contributed by atoms with Gasteiger partial charge in [-0.3, -0.25) is 4.79 Å². The summed E-state index contributed by atoms with van der Waals surface area (Å²) in [6.45, 7) is 7.78. The first kappa shape index (κ1) is 23.8. The molecule has 2 rings (SSSR count). The van der Waals surface area contributed by atoms with Crippen molar-refractivity contribution < 1.29 is 4.79 Å². The van der Waals surface area contributed by atoms with Gasteiger partial charge in [0.15, 0.2) is 0 Å². The Morgan fingerprint density at radius 1 is 1.27 bits per heavy atom. The molecule has 4 N–H and O–H groups in total. The molecule has 0 aromatic heterocycles. The summed E-state index contributed by atoms with van der Waals surface area (Å²) in [5, 5.41) is 11.4. The van der Waals surface area contributed by atoms with Crippen LogP contribution in [0.1, 0.15) is 61.6 Å². The number of carbonyl (C=O) groups is 1. The van der Waals surface area contributed by atoms with Crippen LogP contribution in [0.25, 0.3) is 0 Å². The van der Waals surface area contributed by atoms with Gasteiger partial charge in [0.05, 0.1) is 0 Å². The molecule has 0 bridgehead atoms. The number of carbonyl (C=O) groups excluding carboxylic acids is 1. The molecule has 0 aliphatic heterocycles. The predicted octanol–water partition coefficient (Wildman–Crippen LogP) is 5.51. The lowest BCUT2D eigenvalue weighted by molar-refractivity contribution is 0.112. The van der Waals surface area contributed by atoms with E-state index in [9.17, 15) is 4.79 Å². The quantitative estimate of drug-likeness (QED) is 0.366. The van der Waals surface area contributed by atoms with E-state index in [0.29, 0.717) is 28.6 Å². The summed E-state index contributed by atoms with van der Waals surface area (Å²) in [6, 6.07) is 13.2. The molecule has 26 heavy (non-hydrogen) atoms. The summed E-state index contributed by atoms with van der Waals surface area (Å²) < 4.78 is 0. The lowest BCUT2D eigenvalue weighted by Gasteiger charge is -2.15. The Kier molecular flexibility index (Phi) is 12.0. The van der Waals surface area contributed by atoms with Crippen molar-refractivity contribution in [2.24, 2.45) is 0 Å². The molecule has 0 spiro atoms. The van der Waals surface area contributed by atoms with Crippen LogP contribution >= 0.6 is 11.6 Å². The SMILES string of the molecule is CC.CC(=N)c1cc(C=O)ccc1N.CCC(NC)c1ccccc1Cl. The van der Waals surface area contributed by atoms with Gasteiger partial charge >= 0.3 is 0 Å². The fourth-order valence-electron chi connectivity index (χ4n) is 2.31. The van der Waals surface area contributed by atoms with Crippen LogP contribution in [0.15, 0.2) is 42.5 Å². The average Bonchev–Trinajstić information content (AvgIpc) is 2.66. The number of aldehydes is 1. The van der Waals surface area contributed by atoms with Crippen LogP contribution in [-0.2, 0) is 0 Å². The van der Waals surface area contributed by atoms with Crippen LogP contribution in [0, 0.1) is 5.41 Å². The Morgan fingerprint density at radius 2 is 1.88 bits per heavy atom. The van der Waals surface area contributed by atoms with Gasteiger partial charge in [-0.15, -0.1) is 0 Å². The summed E-state index contributed by atoms with van der Waals surface area (Å²) >= 11 is 6.04. The normalized spacial score (nSPS) is 10.5. The van der Waals surface area contributed by atoms with E-state index in [-0.39, 0.29) is 0 Å². The Hall–Kier alpha value is -2.17. The summed E-state index contributed by atoms with van der Waals surface area (Å²) in [7, 11) is 1.96. The maximum absolute atomic E-state index is 10.4. The van der Waals surface area contributed by atoms with Gasteiger partial charge in [-0.1, -0.05) is 50.6 Å². The highest BCUT2D eigenvalue weighted by Gasteiger charge is 2.08. The second-order valence-corrected chi connectivity index (χ2v) is 5.77. The number of rotatable bonds is 5. The number of anilines is 1. The van der Waals surface area contributed by atoms with Crippen molar-refractivity contribution in [3.8, 4) is 0 Å². The number of hydrogen-bond donors (Lipinski definition) is 3. The molecule has 0 aliphatic rings. The van der Waals surface area contributed by atoms with Crippen molar-refractivity contribution in [3.63, 3.8) is 0 Å². The van der Waals surface area contributed by atoms with Crippen molar-refractivity contribution >= 4 is 29.3 Å². The van der Waals surface area contributed by atoms with Gasteiger partial charge < -0.3 is 16.5 Å². The zero-order chi connectivity index (χ0) is 20.1. The molecule has 142 valence electrons. The van der Waals surface area contributed by atoms with Gasteiger partial charge in [-0.25, -0.2) is 0 Å². The molecule has 1 atom stereocenters. The molecule has 0 heterocycles. The maximum Gasteiger partial charge on any atom is 0.150 e. The number of nitrogens with two attached hydrogens (primary N) is 1. The highest BCUT2D eigenvalue weighted by atomic mass is 35.5. The number of halogens is 1. The van der Waals surface area contributed by atoms with Gasteiger partial charge in [0.1, 0.15) is 6.29 Å². The molecule has 0 radical (unpaired) electrons. The van der Waals surface area contributed by atoms with Crippen LogP contribution in [0.3, 0.4) is 0 Å². The van der Waals surface area contributed by atoms with Gasteiger partial charge in [-0.2, -0.15) is 0 Å². The molecular weight excluding hydrogens is 346 g/mol.